The third-order valence-corrected chi connectivity index (χ3v) is 6.37. The number of thiazole rings is 1. The van der Waals surface area contributed by atoms with Gasteiger partial charge in [-0.3, -0.25) is 9.59 Å². The number of hydrogen-bond donors (Lipinski definition) is 0. The van der Waals surface area contributed by atoms with Gasteiger partial charge in [0.25, 0.3) is 11.1 Å². The summed E-state index contributed by atoms with van der Waals surface area (Å²) >= 11 is 1.14. The van der Waals surface area contributed by atoms with E-state index in [1.807, 2.05) is 78.9 Å². The van der Waals surface area contributed by atoms with Gasteiger partial charge in [-0.1, -0.05) is 65.9 Å². The van der Waals surface area contributed by atoms with Crippen molar-refractivity contribution in [3.63, 3.8) is 0 Å². The Labute approximate surface area is 204 Å². The lowest BCUT2D eigenvalue weighted by molar-refractivity contribution is 0.306. The van der Waals surface area contributed by atoms with E-state index in [9.17, 15) is 9.59 Å². The van der Waals surface area contributed by atoms with Gasteiger partial charge in [-0.2, -0.15) is 14.6 Å². The molecular formula is C27H21N3O4S. The van der Waals surface area contributed by atoms with Crippen LogP contribution in [0.5, 0.6) is 11.5 Å². The van der Waals surface area contributed by atoms with E-state index in [2.05, 4.69) is 10.1 Å². The van der Waals surface area contributed by atoms with Gasteiger partial charge in [0, 0.05) is 6.42 Å². The number of aromatic nitrogens is 3. The first-order chi connectivity index (χ1) is 17.1. The van der Waals surface area contributed by atoms with Crippen LogP contribution >= 0.6 is 11.3 Å². The van der Waals surface area contributed by atoms with Crippen molar-refractivity contribution in [3.8, 4) is 11.5 Å². The van der Waals surface area contributed by atoms with E-state index in [0.29, 0.717) is 11.1 Å². The Hall–Kier alpha value is -4.30. The molecule has 0 radical (unpaired) electrons. The average molecular weight is 484 g/mol. The highest BCUT2D eigenvalue weighted by atomic mass is 32.1. The molecule has 7 nitrogen and oxygen atoms in total. The highest BCUT2D eigenvalue weighted by molar-refractivity contribution is 7.15. The smallest absolute Gasteiger partial charge is 0.296 e. The Morgan fingerprint density at radius 1 is 0.886 bits per heavy atom. The van der Waals surface area contributed by atoms with Crippen LogP contribution < -0.4 is 25.1 Å². The summed E-state index contributed by atoms with van der Waals surface area (Å²) < 4.78 is 12.6. The van der Waals surface area contributed by atoms with Crippen LogP contribution in [-0.2, 0) is 13.0 Å². The van der Waals surface area contributed by atoms with Crippen molar-refractivity contribution in [1.82, 2.24) is 14.6 Å². The molecule has 0 saturated carbocycles. The minimum absolute atomic E-state index is 0.217. The van der Waals surface area contributed by atoms with Crippen LogP contribution in [-0.4, -0.2) is 21.7 Å². The summed E-state index contributed by atoms with van der Waals surface area (Å²) in [6.07, 6.45) is 2.04. The fraction of sp³-hybridized carbons (Fsp3) is 0.111. The van der Waals surface area contributed by atoms with E-state index in [1.54, 1.807) is 13.2 Å². The maximum Gasteiger partial charge on any atom is 0.296 e. The molecular weight excluding hydrogens is 462 g/mol. The van der Waals surface area contributed by atoms with Gasteiger partial charge < -0.3 is 9.47 Å². The Morgan fingerprint density at radius 3 is 2.31 bits per heavy atom. The first-order valence-corrected chi connectivity index (χ1v) is 11.7. The number of hydrogen-bond acceptors (Lipinski definition) is 7. The molecule has 174 valence electrons. The average Bonchev–Trinajstić information content (AvgIpc) is 3.18. The monoisotopic (exact) mass is 483 g/mol. The second kappa shape index (κ2) is 9.90. The van der Waals surface area contributed by atoms with Gasteiger partial charge in [-0.25, -0.2) is 0 Å². The van der Waals surface area contributed by atoms with Crippen molar-refractivity contribution in [3.05, 3.63) is 126 Å². The first kappa shape index (κ1) is 22.5. The van der Waals surface area contributed by atoms with E-state index in [0.717, 1.165) is 39.5 Å². The van der Waals surface area contributed by atoms with E-state index in [-0.39, 0.29) is 22.6 Å². The molecule has 0 spiro atoms. The Balaban J connectivity index is 1.38. The fourth-order valence-corrected chi connectivity index (χ4v) is 4.45. The quantitative estimate of drug-likeness (QED) is 0.354. The molecule has 3 aromatic carbocycles. The van der Waals surface area contributed by atoms with E-state index in [4.69, 9.17) is 9.47 Å². The molecule has 0 aliphatic carbocycles. The lowest BCUT2D eigenvalue weighted by Gasteiger charge is -2.06. The molecule has 0 N–H and O–H groups in total. The predicted molar refractivity (Wildman–Crippen MR) is 135 cm³/mol. The van der Waals surface area contributed by atoms with Crippen LogP contribution in [0.2, 0.25) is 0 Å². The molecule has 35 heavy (non-hydrogen) atoms. The Bertz CT molecular complexity index is 1630. The van der Waals surface area contributed by atoms with Crippen molar-refractivity contribution in [2.75, 3.05) is 7.11 Å². The van der Waals surface area contributed by atoms with Crippen molar-refractivity contribution >= 4 is 22.4 Å². The zero-order valence-corrected chi connectivity index (χ0v) is 19.7. The van der Waals surface area contributed by atoms with E-state index < -0.39 is 5.56 Å². The van der Waals surface area contributed by atoms with Gasteiger partial charge in [0.05, 0.1) is 11.6 Å². The van der Waals surface area contributed by atoms with Crippen LogP contribution in [0.4, 0.5) is 0 Å². The van der Waals surface area contributed by atoms with Gasteiger partial charge in [0.15, 0.2) is 0 Å². The second-order valence-electron chi connectivity index (χ2n) is 7.84. The van der Waals surface area contributed by atoms with Crippen LogP contribution in [0, 0.1) is 0 Å². The van der Waals surface area contributed by atoms with Crippen molar-refractivity contribution < 1.29 is 9.47 Å². The summed E-state index contributed by atoms with van der Waals surface area (Å²) in [5.74, 6) is 1.46. The summed E-state index contributed by atoms with van der Waals surface area (Å²) in [5.41, 5.74) is 2.27. The number of nitrogens with zero attached hydrogens (tertiary/aromatic N) is 3. The fourth-order valence-electron chi connectivity index (χ4n) is 3.54. The largest absolute Gasteiger partial charge is 0.497 e. The molecule has 0 fully saturated rings. The summed E-state index contributed by atoms with van der Waals surface area (Å²) in [6, 6.07) is 24.7. The van der Waals surface area contributed by atoms with Crippen molar-refractivity contribution in [2.24, 2.45) is 0 Å². The van der Waals surface area contributed by atoms with E-state index >= 15 is 0 Å². The summed E-state index contributed by atoms with van der Waals surface area (Å²) in [7, 11) is 1.59. The van der Waals surface area contributed by atoms with Crippen molar-refractivity contribution in [1.29, 1.82) is 0 Å². The summed E-state index contributed by atoms with van der Waals surface area (Å²) in [4.78, 5) is 29.8. The van der Waals surface area contributed by atoms with E-state index in [1.165, 1.54) is 4.52 Å². The maximum absolute atomic E-state index is 13.0. The summed E-state index contributed by atoms with van der Waals surface area (Å²) in [6.45, 7) is 0.481. The molecule has 0 aliphatic heterocycles. The molecule has 0 unspecified atom stereocenters. The van der Waals surface area contributed by atoms with Crippen molar-refractivity contribution in [2.45, 2.75) is 13.0 Å². The van der Waals surface area contributed by atoms with Crippen LogP contribution in [0.1, 0.15) is 22.4 Å². The molecule has 2 aromatic heterocycles. The first-order valence-electron chi connectivity index (χ1n) is 10.9. The number of fused-ring (bicyclic) bond motifs is 1. The van der Waals surface area contributed by atoms with Gasteiger partial charge in [0.1, 0.15) is 23.8 Å². The number of benzene rings is 3. The molecule has 0 bridgehead atoms. The van der Waals surface area contributed by atoms with Crippen LogP contribution in [0.15, 0.2) is 88.5 Å². The second-order valence-corrected chi connectivity index (χ2v) is 8.85. The standard InChI is InChI=1S/C27H21N3O4S/c1-33-21-11-7-18(8-12-21)15-23-25(31)28-27-30(29-23)26(32)24(35-27)16-19-9-13-22(14-10-19)34-17-20-5-3-2-4-6-20/h2-14,16H,15,17H2,1H3/b24-16+. The number of rotatable bonds is 7. The normalized spacial score (nSPS) is 11.6. The SMILES string of the molecule is COc1ccc(Cc2nn3c(=O)/c(=C\c4ccc(OCc5ccccc5)cc4)sc3nc2=O)cc1. The van der Waals surface area contributed by atoms with Gasteiger partial charge >= 0.3 is 0 Å². The lowest BCUT2D eigenvalue weighted by atomic mass is 10.1. The maximum atomic E-state index is 13.0. The molecule has 2 heterocycles. The molecule has 0 amide bonds. The van der Waals surface area contributed by atoms with Crippen LogP contribution in [0.3, 0.4) is 0 Å². The highest BCUT2D eigenvalue weighted by Crippen LogP contribution is 2.15. The molecule has 5 rings (SSSR count). The lowest BCUT2D eigenvalue weighted by Crippen LogP contribution is -2.28. The molecule has 0 atom stereocenters. The van der Waals surface area contributed by atoms with Crippen LogP contribution in [0.25, 0.3) is 11.0 Å². The predicted octanol–water partition coefficient (Wildman–Crippen LogP) is 3.24. The minimum Gasteiger partial charge on any atom is -0.497 e. The molecule has 0 aliphatic rings. The molecule has 8 heteroatoms. The minimum atomic E-state index is -0.437. The van der Waals surface area contributed by atoms with Gasteiger partial charge in [-0.05, 0) is 47.0 Å². The highest BCUT2D eigenvalue weighted by Gasteiger charge is 2.12. The molecule has 0 saturated heterocycles. The number of methoxy groups -OCH3 is 1. The topological polar surface area (TPSA) is 82.8 Å². The zero-order chi connectivity index (χ0) is 24.2. The third-order valence-electron chi connectivity index (χ3n) is 5.41. The third kappa shape index (κ3) is 5.12. The Kier molecular flexibility index (Phi) is 6.36. The van der Waals surface area contributed by atoms with Gasteiger partial charge in [-0.15, -0.1) is 0 Å². The number of ether oxygens (including phenoxy) is 2. The van der Waals surface area contributed by atoms with Gasteiger partial charge in [0.2, 0.25) is 4.96 Å². The Morgan fingerprint density at radius 2 is 1.60 bits per heavy atom. The zero-order valence-electron chi connectivity index (χ0n) is 18.9. The molecule has 5 aromatic rings. The summed E-state index contributed by atoms with van der Waals surface area (Å²) in [5, 5.41) is 4.31.